The van der Waals surface area contributed by atoms with E-state index >= 15 is 0 Å². The van der Waals surface area contributed by atoms with E-state index in [1.807, 2.05) is 0 Å². The summed E-state index contributed by atoms with van der Waals surface area (Å²) < 4.78 is 0. The SMILES string of the molecule is CCCCC(O)CC(C)C. The Bertz CT molecular complexity index is 69.1. The molecule has 0 aromatic heterocycles. The number of hydrogen-bond acceptors (Lipinski definition) is 1. The van der Waals surface area contributed by atoms with E-state index in [0.29, 0.717) is 5.92 Å². The standard InChI is InChI=1S/C9H20O/c1-4-5-6-9(10)7-8(2)3/h8-10H,4-7H2,1-3H3. The first kappa shape index (κ1) is 9.96. The molecule has 0 aromatic carbocycles. The molecule has 0 saturated carbocycles. The maximum absolute atomic E-state index is 9.35. The topological polar surface area (TPSA) is 20.2 Å². The highest BCUT2D eigenvalue weighted by atomic mass is 16.3. The zero-order chi connectivity index (χ0) is 7.98. The Morgan fingerprint density at radius 2 is 1.90 bits per heavy atom. The first-order chi connectivity index (χ1) is 4.66. The summed E-state index contributed by atoms with van der Waals surface area (Å²) in [5, 5.41) is 9.35. The Labute approximate surface area is 64.5 Å². The number of aliphatic hydroxyl groups excluding tert-OH is 1. The van der Waals surface area contributed by atoms with Gasteiger partial charge < -0.3 is 5.11 Å². The number of unbranched alkanes of at least 4 members (excludes halogenated alkanes) is 1. The van der Waals surface area contributed by atoms with Gasteiger partial charge in [0.25, 0.3) is 0 Å². The van der Waals surface area contributed by atoms with Crippen LogP contribution in [0.25, 0.3) is 0 Å². The minimum absolute atomic E-state index is 0.0556. The van der Waals surface area contributed by atoms with E-state index in [9.17, 15) is 5.11 Å². The predicted octanol–water partition coefficient (Wildman–Crippen LogP) is 2.58. The summed E-state index contributed by atoms with van der Waals surface area (Å²) in [4.78, 5) is 0. The summed E-state index contributed by atoms with van der Waals surface area (Å²) >= 11 is 0. The van der Waals surface area contributed by atoms with Crippen molar-refractivity contribution in [2.75, 3.05) is 0 Å². The lowest BCUT2D eigenvalue weighted by molar-refractivity contribution is 0.136. The smallest absolute Gasteiger partial charge is 0.0542 e. The Morgan fingerprint density at radius 3 is 2.30 bits per heavy atom. The molecule has 1 atom stereocenters. The average molecular weight is 144 g/mol. The number of rotatable bonds is 5. The van der Waals surface area contributed by atoms with Gasteiger partial charge in [-0.05, 0) is 18.8 Å². The summed E-state index contributed by atoms with van der Waals surface area (Å²) in [6.45, 7) is 6.45. The van der Waals surface area contributed by atoms with Crippen LogP contribution in [0, 0.1) is 5.92 Å². The van der Waals surface area contributed by atoms with Crippen LogP contribution >= 0.6 is 0 Å². The van der Waals surface area contributed by atoms with Crippen molar-refractivity contribution < 1.29 is 5.11 Å². The van der Waals surface area contributed by atoms with Gasteiger partial charge in [-0.2, -0.15) is 0 Å². The van der Waals surface area contributed by atoms with Gasteiger partial charge in [-0.3, -0.25) is 0 Å². The molecule has 1 unspecified atom stereocenters. The third-order valence-electron chi connectivity index (χ3n) is 1.63. The summed E-state index contributed by atoms with van der Waals surface area (Å²) in [7, 11) is 0. The van der Waals surface area contributed by atoms with Crippen molar-refractivity contribution in [3.63, 3.8) is 0 Å². The Kier molecular flexibility index (Phi) is 5.70. The second-order valence-electron chi connectivity index (χ2n) is 3.43. The van der Waals surface area contributed by atoms with Crippen molar-refractivity contribution in [2.24, 2.45) is 5.92 Å². The summed E-state index contributed by atoms with van der Waals surface area (Å²) in [6.07, 6.45) is 4.23. The lowest BCUT2D eigenvalue weighted by Crippen LogP contribution is -2.09. The average Bonchev–Trinajstić information content (AvgIpc) is 1.82. The molecule has 0 aliphatic carbocycles. The third-order valence-corrected chi connectivity index (χ3v) is 1.63. The van der Waals surface area contributed by atoms with Gasteiger partial charge >= 0.3 is 0 Å². The molecule has 0 saturated heterocycles. The number of aliphatic hydroxyl groups is 1. The van der Waals surface area contributed by atoms with Crippen molar-refractivity contribution in [3.8, 4) is 0 Å². The number of hydrogen-bond donors (Lipinski definition) is 1. The molecule has 62 valence electrons. The second-order valence-corrected chi connectivity index (χ2v) is 3.43. The van der Waals surface area contributed by atoms with Crippen LogP contribution in [0.4, 0.5) is 0 Å². The van der Waals surface area contributed by atoms with Gasteiger partial charge in [-0.15, -0.1) is 0 Å². The maximum atomic E-state index is 9.35. The largest absolute Gasteiger partial charge is 0.393 e. The fourth-order valence-electron chi connectivity index (χ4n) is 1.10. The lowest BCUT2D eigenvalue weighted by Gasteiger charge is -2.11. The van der Waals surface area contributed by atoms with E-state index in [4.69, 9.17) is 0 Å². The van der Waals surface area contributed by atoms with Crippen molar-refractivity contribution >= 4 is 0 Å². The third kappa shape index (κ3) is 6.09. The van der Waals surface area contributed by atoms with Crippen LogP contribution in [0.15, 0.2) is 0 Å². The Hall–Kier alpha value is -0.0400. The zero-order valence-corrected chi connectivity index (χ0v) is 7.43. The van der Waals surface area contributed by atoms with Crippen molar-refractivity contribution in [2.45, 2.75) is 52.6 Å². The molecule has 0 amide bonds. The van der Waals surface area contributed by atoms with Crippen LogP contribution < -0.4 is 0 Å². The van der Waals surface area contributed by atoms with Crippen LogP contribution in [0.3, 0.4) is 0 Å². The van der Waals surface area contributed by atoms with Crippen LogP contribution in [0.5, 0.6) is 0 Å². The molecule has 1 nitrogen and oxygen atoms in total. The second kappa shape index (κ2) is 5.72. The molecular formula is C9H20O. The van der Waals surface area contributed by atoms with Gasteiger partial charge in [-0.25, -0.2) is 0 Å². The first-order valence-electron chi connectivity index (χ1n) is 4.34. The Balaban J connectivity index is 3.16. The van der Waals surface area contributed by atoms with Gasteiger partial charge in [0.15, 0.2) is 0 Å². The molecule has 0 heterocycles. The molecule has 0 bridgehead atoms. The molecule has 0 aromatic rings. The summed E-state index contributed by atoms with van der Waals surface area (Å²) in [6, 6.07) is 0. The molecule has 0 spiro atoms. The normalized spacial score (nSPS) is 14.1. The fraction of sp³-hybridized carbons (Fsp3) is 1.00. The molecule has 0 radical (unpaired) electrons. The van der Waals surface area contributed by atoms with Gasteiger partial charge in [0.1, 0.15) is 0 Å². The predicted molar refractivity (Wildman–Crippen MR) is 45.0 cm³/mol. The van der Waals surface area contributed by atoms with E-state index in [1.54, 1.807) is 0 Å². The first-order valence-corrected chi connectivity index (χ1v) is 4.34. The quantitative estimate of drug-likeness (QED) is 0.628. The van der Waals surface area contributed by atoms with E-state index in [1.165, 1.54) is 6.42 Å². The minimum Gasteiger partial charge on any atom is -0.393 e. The highest BCUT2D eigenvalue weighted by molar-refractivity contribution is 4.57. The van der Waals surface area contributed by atoms with E-state index in [0.717, 1.165) is 19.3 Å². The molecule has 1 N–H and O–H groups in total. The van der Waals surface area contributed by atoms with Crippen molar-refractivity contribution in [1.29, 1.82) is 0 Å². The summed E-state index contributed by atoms with van der Waals surface area (Å²) in [5.41, 5.74) is 0. The zero-order valence-electron chi connectivity index (χ0n) is 7.43. The minimum atomic E-state index is -0.0556. The van der Waals surface area contributed by atoms with Crippen LogP contribution in [0.2, 0.25) is 0 Å². The Morgan fingerprint density at radius 1 is 1.30 bits per heavy atom. The molecule has 0 aliphatic rings. The van der Waals surface area contributed by atoms with Crippen LogP contribution in [-0.4, -0.2) is 11.2 Å². The van der Waals surface area contributed by atoms with E-state index < -0.39 is 0 Å². The molecule has 10 heavy (non-hydrogen) atoms. The highest BCUT2D eigenvalue weighted by Crippen LogP contribution is 2.09. The van der Waals surface area contributed by atoms with Crippen molar-refractivity contribution in [1.82, 2.24) is 0 Å². The maximum Gasteiger partial charge on any atom is 0.0542 e. The van der Waals surface area contributed by atoms with E-state index in [2.05, 4.69) is 20.8 Å². The summed E-state index contributed by atoms with van der Waals surface area (Å²) in [5.74, 6) is 0.631. The van der Waals surface area contributed by atoms with Gasteiger partial charge in [0.2, 0.25) is 0 Å². The molecular weight excluding hydrogens is 124 g/mol. The van der Waals surface area contributed by atoms with Gasteiger partial charge in [0, 0.05) is 0 Å². The lowest BCUT2D eigenvalue weighted by atomic mass is 10.0. The highest BCUT2D eigenvalue weighted by Gasteiger charge is 2.04. The fourth-order valence-corrected chi connectivity index (χ4v) is 1.10. The molecule has 1 heteroatoms. The molecule has 0 aliphatic heterocycles. The van der Waals surface area contributed by atoms with Crippen LogP contribution in [-0.2, 0) is 0 Å². The molecule has 0 rings (SSSR count). The monoisotopic (exact) mass is 144 g/mol. The van der Waals surface area contributed by atoms with Gasteiger partial charge in [0.05, 0.1) is 6.10 Å². The van der Waals surface area contributed by atoms with Crippen LogP contribution in [0.1, 0.15) is 46.5 Å². The molecule has 0 fully saturated rings. The van der Waals surface area contributed by atoms with E-state index in [-0.39, 0.29) is 6.10 Å². The van der Waals surface area contributed by atoms with Gasteiger partial charge in [-0.1, -0.05) is 33.6 Å². The van der Waals surface area contributed by atoms with Crippen molar-refractivity contribution in [3.05, 3.63) is 0 Å².